The molecule has 1 aliphatic heterocycles. The maximum atomic E-state index is 12.6. The molecular formula is C23H20N4O2. The highest BCUT2D eigenvalue weighted by molar-refractivity contribution is 6.07. The summed E-state index contributed by atoms with van der Waals surface area (Å²) in [4.78, 5) is 31.3. The predicted octanol–water partition coefficient (Wildman–Crippen LogP) is 3.96. The van der Waals surface area contributed by atoms with Crippen LogP contribution in [0, 0.1) is 0 Å². The van der Waals surface area contributed by atoms with Crippen LogP contribution in [0.2, 0.25) is 0 Å². The Balaban J connectivity index is 1.42. The highest BCUT2D eigenvalue weighted by Gasteiger charge is 2.12. The zero-order valence-electron chi connectivity index (χ0n) is 15.7. The minimum atomic E-state index is -0.289. The van der Waals surface area contributed by atoms with Crippen molar-refractivity contribution < 1.29 is 9.59 Å². The second kappa shape index (κ2) is 8.39. The molecule has 0 saturated heterocycles. The Morgan fingerprint density at radius 3 is 2.28 bits per heavy atom. The molecule has 1 aromatic heterocycles. The van der Waals surface area contributed by atoms with E-state index in [2.05, 4.69) is 32.7 Å². The number of aromatic nitrogens is 1. The zero-order valence-corrected chi connectivity index (χ0v) is 15.7. The van der Waals surface area contributed by atoms with Crippen LogP contribution in [0.25, 0.3) is 0 Å². The average Bonchev–Trinajstić information content (AvgIpc) is 3.30. The fraction of sp³-hybridized carbons (Fsp3) is 0.0870. The Bertz CT molecular complexity index is 1040. The SMILES string of the molecule is O=C(Nc1cccc(C(=O)Nc2ccccn2)c1)c1ccc(N2CC=CC2)cc1. The number of rotatable bonds is 5. The van der Waals surface area contributed by atoms with E-state index in [9.17, 15) is 9.59 Å². The van der Waals surface area contributed by atoms with Gasteiger partial charge in [0.05, 0.1) is 0 Å². The lowest BCUT2D eigenvalue weighted by molar-refractivity contribution is 0.101. The van der Waals surface area contributed by atoms with Crippen molar-refractivity contribution in [1.82, 2.24) is 4.98 Å². The Labute approximate surface area is 168 Å². The van der Waals surface area contributed by atoms with Crippen LogP contribution in [-0.4, -0.2) is 29.9 Å². The highest BCUT2D eigenvalue weighted by Crippen LogP contribution is 2.19. The van der Waals surface area contributed by atoms with Gasteiger partial charge in [-0.15, -0.1) is 0 Å². The van der Waals surface area contributed by atoms with Crippen molar-refractivity contribution in [2.45, 2.75) is 0 Å². The number of carbonyl (C=O) groups excluding carboxylic acids is 2. The molecule has 144 valence electrons. The molecule has 0 radical (unpaired) electrons. The third kappa shape index (κ3) is 4.50. The van der Waals surface area contributed by atoms with Gasteiger partial charge in [0.15, 0.2) is 0 Å². The van der Waals surface area contributed by atoms with Gasteiger partial charge >= 0.3 is 0 Å². The largest absolute Gasteiger partial charge is 0.364 e. The quantitative estimate of drug-likeness (QED) is 0.653. The fourth-order valence-electron chi connectivity index (χ4n) is 3.08. The molecule has 0 fully saturated rings. The lowest BCUT2D eigenvalue weighted by atomic mass is 10.1. The lowest BCUT2D eigenvalue weighted by Gasteiger charge is -2.17. The second-order valence-electron chi connectivity index (χ2n) is 6.63. The first-order chi connectivity index (χ1) is 14.2. The van der Waals surface area contributed by atoms with Gasteiger partial charge in [-0.3, -0.25) is 9.59 Å². The van der Waals surface area contributed by atoms with Crippen molar-refractivity contribution in [3.8, 4) is 0 Å². The normalized spacial score (nSPS) is 12.6. The van der Waals surface area contributed by atoms with Gasteiger partial charge < -0.3 is 15.5 Å². The molecule has 0 atom stereocenters. The van der Waals surface area contributed by atoms with E-state index in [1.54, 1.807) is 60.8 Å². The van der Waals surface area contributed by atoms with Gasteiger partial charge in [-0.05, 0) is 54.6 Å². The maximum Gasteiger partial charge on any atom is 0.256 e. The monoisotopic (exact) mass is 384 g/mol. The molecule has 2 heterocycles. The average molecular weight is 384 g/mol. The van der Waals surface area contributed by atoms with E-state index in [0.29, 0.717) is 22.6 Å². The summed E-state index contributed by atoms with van der Waals surface area (Å²) in [6, 6.07) is 19.6. The number of amides is 2. The molecule has 0 saturated carbocycles. The van der Waals surface area contributed by atoms with Gasteiger partial charge in [0, 0.05) is 41.8 Å². The summed E-state index contributed by atoms with van der Waals surface area (Å²) in [6.07, 6.45) is 5.85. The molecule has 2 amide bonds. The van der Waals surface area contributed by atoms with Crippen LogP contribution in [0.3, 0.4) is 0 Å². The number of pyridine rings is 1. The van der Waals surface area contributed by atoms with Crippen LogP contribution in [0.5, 0.6) is 0 Å². The molecule has 3 aromatic rings. The molecule has 4 rings (SSSR count). The third-order valence-electron chi connectivity index (χ3n) is 4.60. The molecule has 0 bridgehead atoms. The standard InChI is InChI=1S/C23H20N4O2/c28-22(17-9-11-20(12-10-17)27-14-3-4-15-27)25-19-7-5-6-18(16-19)23(29)26-21-8-1-2-13-24-21/h1-13,16H,14-15H2,(H,25,28)(H,24,26,29). The summed E-state index contributed by atoms with van der Waals surface area (Å²) >= 11 is 0. The maximum absolute atomic E-state index is 12.6. The van der Waals surface area contributed by atoms with E-state index < -0.39 is 0 Å². The van der Waals surface area contributed by atoms with Gasteiger partial charge in [0.1, 0.15) is 5.82 Å². The number of anilines is 3. The summed E-state index contributed by atoms with van der Waals surface area (Å²) in [5.41, 5.74) is 2.63. The molecular weight excluding hydrogens is 364 g/mol. The highest BCUT2D eigenvalue weighted by atomic mass is 16.2. The van der Waals surface area contributed by atoms with Crippen LogP contribution < -0.4 is 15.5 Å². The number of hydrogen-bond acceptors (Lipinski definition) is 4. The molecule has 2 N–H and O–H groups in total. The van der Waals surface area contributed by atoms with E-state index in [-0.39, 0.29) is 11.8 Å². The van der Waals surface area contributed by atoms with Gasteiger partial charge in [0.25, 0.3) is 11.8 Å². The van der Waals surface area contributed by atoms with Crippen LogP contribution in [0.4, 0.5) is 17.2 Å². The van der Waals surface area contributed by atoms with Gasteiger partial charge in [-0.1, -0.05) is 24.3 Å². The van der Waals surface area contributed by atoms with Gasteiger partial charge in [-0.2, -0.15) is 0 Å². The Hall–Kier alpha value is -3.93. The third-order valence-corrected chi connectivity index (χ3v) is 4.60. The molecule has 0 unspecified atom stereocenters. The van der Waals surface area contributed by atoms with Crippen molar-refractivity contribution >= 4 is 29.0 Å². The number of benzene rings is 2. The molecule has 0 aliphatic carbocycles. The second-order valence-corrected chi connectivity index (χ2v) is 6.63. The number of nitrogens with zero attached hydrogens (tertiary/aromatic N) is 2. The molecule has 1 aliphatic rings. The Kier molecular flexibility index (Phi) is 5.33. The summed E-state index contributed by atoms with van der Waals surface area (Å²) in [6.45, 7) is 1.78. The first-order valence-electron chi connectivity index (χ1n) is 9.33. The Morgan fingerprint density at radius 2 is 1.55 bits per heavy atom. The molecule has 29 heavy (non-hydrogen) atoms. The lowest BCUT2D eigenvalue weighted by Crippen LogP contribution is -2.19. The smallest absolute Gasteiger partial charge is 0.256 e. The summed E-state index contributed by atoms with van der Waals surface area (Å²) in [5.74, 6) is -0.0398. The summed E-state index contributed by atoms with van der Waals surface area (Å²) < 4.78 is 0. The molecule has 6 nitrogen and oxygen atoms in total. The van der Waals surface area contributed by atoms with E-state index in [1.807, 2.05) is 12.1 Å². The first-order valence-corrected chi connectivity index (χ1v) is 9.33. The van der Waals surface area contributed by atoms with Crippen LogP contribution in [0.15, 0.2) is 85.1 Å². The minimum absolute atomic E-state index is 0.224. The van der Waals surface area contributed by atoms with Crippen molar-refractivity contribution in [1.29, 1.82) is 0 Å². The Morgan fingerprint density at radius 1 is 0.793 bits per heavy atom. The van der Waals surface area contributed by atoms with Gasteiger partial charge in [0.2, 0.25) is 0 Å². The van der Waals surface area contributed by atoms with Gasteiger partial charge in [-0.25, -0.2) is 4.98 Å². The van der Waals surface area contributed by atoms with E-state index in [1.165, 1.54) is 0 Å². The van der Waals surface area contributed by atoms with Crippen molar-refractivity contribution in [3.63, 3.8) is 0 Å². The minimum Gasteiger partial charge on any atom is -0.364 e. The first kappa shape index (κ1) is 18.4. The molecule has 6 heteroatoms. The van der Waals surface area contributed by atoms with Crippen molar-refractivity contribution in [2.24, 2.45) is 0 Å². The number of nitrogens with one attached hydrogen (secondary N) is 2. The van der Waals surface area contributed by atoms with E-state index >= 15 is 0 Å². The zero-order chi connectivity index (χ0) is 20.1. The number of hydrogen-bond donors (Lipinski definition) is 2. The van der Waals surface area contributed by atoms with Crippen LogP contribution in [0.1, 0.15) is 20.7 Å². The van der Waals surface area contributed by atoms with Crippen molar-refractivity contribution in [2.75, 3.05) is 28.6 Å². The summed E-state index contributed by atoms with van der Waals surface area (Å²) in [7, 11) is 0. The number of carbonyl (C=O) groups is 2. The fourth-order valence-corrected chi connectivity index (χ4v) is 3.08. The predicted molar refractivity (Wildman–Crippen MR) is 114 cm³/mol. The van der Waals surface area contributed by atoms with Crippen molar-refractivity contribution in [3.05, 3.63) is 96.2 Å². The molecule has 2 aromatic carbocycles. The molecule has 0 spiro atoms. The summed E-state index contributed by atoms with van der Waals surface area (Å²) in [5, 5.41) is 5.58. The van der Waals surface area contributed by atoms with Crippen LogP contribution in [-0.2, 0) is 0 Å². The van der Waals surface area contributed by atoms with E-state index in [4.69, 9.17) is 0 Å². The topological polar surface area (TPSA) is 74.3 Å². The van der Waals surface area contributed by atoms with E-state index in [0.717, 1.165) is 18.8 Å². The van der Waals surface area contributed by atoms with Crippen LogP contribution >= 0.6 is 0 Å².